The fourth-order valence-corrected chi connectivity index (χ4v) is 1.91. The second kappa shape index (κ2) is 6.48. The Morgan fingerprint density at radius 1 is 1.44 bits per heavy atom. The summed E-state index contributed by atoms with van der Waals surface area (Å²) in [6.07, 6.45) is 3.75. The lowest BCUT2D eigenvalue weighted by Gasteiger charge is -2.27. The van der Waals surface area contributed by atoms with Gasteiger partial charge in [0.25, 0.3) is 0 Å². The van der Waals surface area contributed by atoms with Crippen LogP contribution in [0.4, 0.5) is 0 Å². The maximum atomic E-state index is 11.9. The van der Waals surface area contributed by atoms with E-state index >= 15 is 0 Å². The number of aliphatic carboxylic acids is 1. The fraction of sp³-hybridized carbons (Fsp3) is 0.818. The summed E-state index contributed by atoms with van der Waals surface area (Å²) in [7, 11) is 1.74. The van der Waals surface area contributed by atoms with Crippen molar-refractivity contribution in [2.24, 2.45) is 0 Å². The van der Waals surface area contributed by atoms with Gasteiger partial charge in [-0.25, -0.2) is 0 Å². The molecular weight excluding hydrogens is 208 g/mol. The summed E-state index contributed by atoms with van der Waals surface area (Å²) >= 11 is 0. The van der Waals surface area contributed by atoms with E-state index in [1.165, 1.54) is 0 Å². The number of piperidine rings is 1. The SMILES string of the molecule is CN(CCCC(=O)O)C(=O)[C@@H]1CCCCN1. The first-order chi connectivity index (χ1) is 7.61. The fourth-order valence-electron chi connectivity index (χ4n) is 1.91. The molecule has 0 unspecified atom stereocenters. The van der Waals surface area contributed by atoms with Crippen LogP contribution in [0.15, 0.2) is 0 Å². The smallest absolute Gasteiger partial charge is 0.303 e. The highest BCUT2D eigenvalue weighted by Gasteiger charge is 2.23. The van der Waals surface area contributed by atoms with Crippen molar-refractivity contribution >= 4 is 11.9 Å². The van der Waals surface area contributed by atoms with Crippen LogP contribution in [0.3, 0.4) is 0 Å². The molecule has 0 aromatic rings. The lowest BCUT2D eigenvalue weighted by molar-refractivity contribution is -0.138. The normalized spacial score (nSPS) is 20.4. The first kappa shape index (κ1) is 13.0. The van der Waals surface area contributed by atoms with Gasteiger partial charge in [-0.1, -0.05) is 6.42 Å². The Balaban J connectivity index is 2.26. The average Bonchev–Trinajstić information content (AvgIpc) is 2.28. The molecule has 1 aliphatic rings. The number of amides is 1. The lowest BCUT2D eigenvalue weighted by atomic mass is 10.0. The van der Waals surface area contributed by atoms with Crippen molar-refractivity contribution in [3.05, 3.63) is 0 Å². The number of hydrogen-bond acceptors (Lipinski definition) is 3. The second-order valence-electron chi connectivity index (χ2n) is 4.26. The number of carboxylic acid groups (broad SMARTS) is 1. The van der Waals surface area contributed by atoms with Crippen molar-refractivity contribution in [1.29, 1.82) is 0 Å². The minimum absolute atomic E-state index is 0.0661. The highest BCUT2D eigenvalue weighted by atomic mass is 16.4. The van der Waals surface area contributed by atoms with Crippen LogP contribution in [-0.4, -0.2) is 48.1 Å². The highest BCUT2D eigenvalue weighted by Crippen LogP contribution is 2.09. The molecule has 0 aliphatic carbocycles. The molecule has 1 saturated heterocycles. The maximum absolute atomic E-state index is 11.9. The average molecular weight is 228 g/mol. The number of nitrogens with one attached hydrogen (secondary N) is 1. The van der Waals surface area contributed by atoms with E-state index in [1.54, 1.807) is 11.9 Å². The van der Waals surface area contributed by atoms with Gasteiger partial charge in [-0.3, -0.25) is 9.59 Å². The molecule has 1 atom stereocenters. The molecular formula is C11H20N2O3. The van der Waals surface area contributed by atoms with Crippen LogP contribution in [0.5, 0.6) is 0 Å². The maximum Gasteiger partial charge on any atom is 0.303 e. The van der Waals surface area contributed by atoms with Gasteiger partial charge >= 0.3 is 5.97 Å². The molecule has 0 bridgehead atoms. The first-order valence-electron chi connectivity index (χ1n) is 5.81. The van der Waals surface area contributed by atoms with Gasteiger partial charge in [0, 0.05) is 20.0 Å². The van der Waals surface area contributed by atoms with Crippen molar-refractivity contribution in [3.63, 3.8) is 0 Å². The third kappa shape index (κ3) is 4.18. The predicted molar refractivity (Wildman–Crippen MR) is 60.1 cm³/mol. The van der Waals surface area contributed by atoms with E-state index in [4.69, 9.17) is 5.11 Å². The molecule has 16 heavy (non-hydrogen) atoms. The van der Waals surface area contributed by atoms with Gasteiger partial charge in [0.2, 0.25) is 5.91 Å². The van der Waals surface area contributed by atoms with Crippen LogP contribution < -0.4 is 5.32 Å². The topological polar surface area (TPSA) is 69.6 Å². The number of carboxylic acids is 1. The van der Waals surface area contributed by atoms with Crippen molar-refractivity contribution in [2.45, 2.75) is 38.1 Å². The summed E-state index contributed by atoms with van der Waals surface area (Å²) in [4.78, 5) is 23.9. The van der Waals surface area contributed by atoms with Crippen LogP contribution in [0.2, 0.25) is 0 Å². The second-order valence-corrected chi connectivity index (χ2v) is 4.26. The van der Waals surface area contributed by atoms with Gasteiger partial charge in [-0.15, -0.1) is 0 Å². The molecule has 5 nitrogen and oxygen atoms in total. The Morgan fingerprint density at radius 2 is 2.19 bits per heavy atom. The molecule has 0 saturated carbocycles. The summed E-state index contributed by atoms with van der Waals surface area (Å²) in [6.45, 7) is 1.42. The molecule has 1 amide bonds. The molecule has 5 heteroatoms. The van der Waals surface area contributed by atoms with Crippen molar-refractivity contribution in [2.75, 3.05) is 20.1 Å². The Hall–Kier alpha value is -1.10. The Morgan fingerprint density at radius 3 is 2.75 bits per heavy atom. The van der Waals surface area contributed by atoms with Crippen LogP contribution in [0.1, 0.15) is 32.1 Å². The van der Waals surface area contributed by atoms with Gasteiger partial charge in [0.15, 0.2) is 0 Å². The van der Waals surface area contributed by atoms with Crippen molar-refractivity contribution in [1.82, 2.24) is 10.2 Å². The standard InChI is InChI=1S/C11H20N2O3/c1-13(8-4-6-10(14)15)11(16)9-5-2-3-7-12-9/h9,12H,2-8H2,1H3,(H,14,15)/t9-/m0/s1. The predicted octanol–water partition coefficient (Wildman–Crippen LogP) is 0.452. The van der Waals surface area contributed by atoms with Gasteiger partial charge in [-0.2, -0.15) is 0 Å². The zero-order valence-corrected chi connectivity index (χ0v) is 9.74. The third-order valence-electron chi connectivity index (χ3n) is 2.87. The summed E-state index contributed by atoms with van der Waals surface area (Å²) in [5, 5.41) is 11.7. The Labute approximate surface area is 95.8 Å². The van der Waals surface area contributed by atoms with E-state index in [2.05, 4.69) is 5.32 Å². The Bertz CT molecular complexity index is 250. The van der Waals surface area contributed by atoms with Crippen LogP contribution >= 0.6 is 0 Å². The number of carbonyl (C=O) groups excluding carboxylic acids is 1. The van der Waals surface area contributed by atoms with Gasteiger partial charge in [-0.05, 0) is 25.8 Å². The zero-order valence-electron chi connectivity index (χ0n) is 9.74. The number of carbonyl (C=O) groups is 2. The van der Waals surface area contributed by atoms with E-state index in [9.17, 15) is 9.59 Å². The quantitative estimate of drug-likeness (QED) is 0.717. The molecule has 0 aromatic heterocycles. The summed E-state index contributed by atoms with van der Waals surface area (Å²) in [6, 6.07) is -0.0661. The van der Waals surface area contributed by atoms with Gasteiger partial charge in [0.1, 0.15) is 0 Å². The minimum atomic E-state index is -0.809. The monoisotopic (exact) mass is 228 g/mol. The van der Waals surface area contributed by atoms with Crippen molar-refractivity contribution in [3.8, 4) is 0 Å². The van der Waals surface area contributed by atoms with Gasteiger partial charge < -0.3 is 15.3 Å². The largest absolute Gasteiger partial charge is 0.481 e. The van der Waals surface area contributed by atoms with Crippen LogP contribution in [0.25, 0.3) is 0 Å². The lowest BCUT2D eigenvalue weighted by Crippen LogP contribution is -2.47. The summed E-state index contributed by atoms with van der Waals surface area (Å²) < 4.78 is 0. The van der Waals surface area contributed by atoms with E-state index < -0.39 is 5.97 Å². The number of hydrogen-bond donors (Lipinski definition) is 2. The summed E-state index contributed by atoms with van der Waals surface area (Å²) in [5.74, 6) is -0.721. The first-order valence-corrected chi connectivity index (χ1v) is 5.81. The van der Waals surface area contributed by atoms with Crippen LogP contribution in [0, 0.1) is 0 Å². The molecule has 1 rings (SSSR count). The van der Waals surface area contributed by atoms with E-state index in [-0.39, 0.29) is 18.4 Å². The van der Waals surface area contributed by atoms with E-state index in [1.807, 2.05) is 0 Å². The third-order valence-corrected chi connectivity index (χ3v) is 2.87. The Kier molecular flexibility index (Phi) is 5.25. The summed E-state index contributed by atoms with van der Waals surface area (Å²) in [5.41, 5.74) is 0. The molecule has 92 valence electrons. The zero-order chi connectivity index (χ0) is 12.0. The molecule has 0 spiro atoms. The minimum Gasteiger partial charge on any atom is -0.481 e. The number of rotatable bonds is 5. The molecule has 1 heterocycles. The molecule has 0 radical (unpaired) electrons. The highest BCUT2D eigenvalue weighted by molar-refractivity contribution is 5.81. The number of nitrogens with zero attached hydrogens (tertiary/aromatic N) is 1. The van der Waals surface area contributed by atoms with Gasteiger partial charge in [0.05, 0.1) is 6.04 Å². The van der Waals surface area contributed by atoms with E-state index in [0.717, 1.165) is 25.8 Å². The van der Waals surface area contributed by atoms with E-state index in [0.29, 0.717) is 13.0 Å². The molecule has 1 aliphatic heterocycles. The molecule has 2 N–H and O–H groups in total. The van der Waals surface area contributed by atoms with Crippen molar-refractivity contribution < 1.29 is 14.7 Å². The van der Waals surface area contributed by atoms with Crippen LogP contribution in [-0.2, 0) is 9.59 Å². The molecule has 1 fully saturated rings. The molecule has 0 aromatic carbocycles. The number of likely N-dealkylation sites (N-methyl/N-ethyl adjacent to an activating group) is 1.